The molecule has 0 aliphatic heterocycles. The van der Waals surface area contributed by atoms with E-state index in [2.05, 4.69) is 17.0 Å². The normalized spacial score (nSPS) is 10.8. The number of hydrogen-bond acceptors (Lipinski definition) is 4. The lowest BCUT2D eigenvalue weighted by Crippen LogP contribution is -2.06. The Morgan fingerprint density at radius 2 is 2.22 bits per heavy atom. The second-order valence-electron chi connectivity index (χ2n) is 4.09. The predicted octanol–water partition coefficient (Wildman–Crippen LogP) is 2.27. The van der Waals surface area contributed by atoms with Gasteiger partial charge in [-0.1, -0.05) is 6.92 Å². The number of rotatable bonds is 4. The summed E-state index contributed by atoms with van der Waals surface area (Å²) < 4.78 is 1.70. The van der Waals surface area contributed by atoms with Crippen molar-refractivity contribution >= 4 is 17.3 Å². The molecular weight excluding hydrogens is 250 g/mol. The average Bonchev–Trinajstić information content (AvgIpc) is 2.85. The summed E-state index contributed by atoms with van der Waals surface area (Å²) in [5.74, 6) is -0.927. The number of nitrogens with zero attached hydrogens (tertiary/aromatic N) is 3. The molecule has 0 atom stereocenters. The van der Waals surface area contributed by atoms with Gasteiger partial charge in [-0.25, -0.2) is 9.78 Å². The van der Waals surface area contributed by atoms with Crippen LogP contribution in [0.1, 0.15) is 39.4 Å². The fourth-order valence-corrected chi connectivity index (χ4v) is 2.63. The Morgan fingerprint density at radius 3 is 2.72 bits per heavy atom. The summed E-state index contributed by atoms with van der Waals surface area (Å²) >= 11 is 1.62. The molecule has 0 fully saturated rings. The first-order valence-corrected chi connectivity index (χ1v) is 6.61. The fourth-order valence-electron chi connectivity index (χ4n) is 1.90. The molecule has 0 spiro atoms. The van der Waals surface area contributed by atoms with Crippen LogP contribution in [0.25, 0.3) is 0 Å². The molecule has 6 heteroatoms. The van der Waals surface area contributed by atoms with Crippen molar-refractivity contribution in [1.82, 2.24) is 14.8 Å². The van der Waals surface area contributed by atoms with Crippen LogP contribution in [0.4, 0.5) is 0 Å². The molecule has 2 rings (SSSR count). The van der Waals surface area contributed by atoms with Gasteiger partial charge in [0.2, 0.25) is 0 Å². The molecule has 0 unspecified atom stereocenters. The van der Waals surface area contributed by atoms with Crippen LogP contribution in [-0.4, -0.2) is 25.8 Å². The number of hydrogen-bond donors (Lipinski definition) is 1. The minimum absolute atomic E-state index is 0.293. The van der Waals surface area contributed by atoms with Crippen LogP contribution in [0.2, 0.25) is 0 Å². The molecule has 96 valence electrons. The lowest BCUT2D eigenvalue weighted by atomic mass is 10.2. The van der Waals surface area contributed by atoms with Gasteiger partial charge in [0.25, 0.3) is 0 Å². The van der Waals surface area contributed by atoms with Gasteiger partial charge in [-0.3, -0.25) is 4.68 Å². The lowest BCUT2D eigenvalue weighted by molar-refractivity contribution is 0.0695. The van der Waals surface area contributed by atoms with Gasteiger partial charge in [0.15, 0.2) is 0 Å². The highest BCUT2D eigenvalue weighted by molar-refractivity contribution is 7.09. The van der Waals surface area contributed by atoms with Crippen molar-refractivity contribution in [2.24, 2.45) is 0 Å². The van der Waals surface area contributed by atoms with Gasteiger partial charge in [0, 0.05) is 5.38 Å². The van der Waals surface area contributed by atoms with E-state index in [9.17, 15) is 4.79 Å². The predicted molar refractivity (Wildman–Crippen MR) is 69.3 cm³/mol. The SMILES string of the molecule is CCc1nc(Cn2nc(C)c(C(=O)O)c2C)cs1. The van der Waals surface area contributed by atoms with Gasteiger partial charge in [-0.2, -0.15) is 5.10 Å². The zero-order chi connectivity index (χ0) is 13.3. The van der Waals surface area contributed by atoms with E-state index >= 15 is 0 Å². The molecule has 0 saturated heterocycles. The number of carboxylic acid groups (broad SMARTS) is 1. The number of aromatic carboxylic acids is 1. The van der Waals surface area contributed by atoms with Crippen LogP contribution in [-0.2, 0) is 13.0 Å². The first-order chi connectivity index (χ1) is 8.52. The van der Waals surface area contributed by atoms with Gasteiger partial charge in [-0.15, -0.1) is 11.3 Å². The molecule has 18 heavy (non-hydrogen) atoms. The third-order valence-electron chi connectivity index (χ3n) is 2.81. The Kier molecular flexibility index (Phi) is 3.47. The summed E-state index contributed by atoms with van der Waals surface area (Å²) in [4.78, 5) is 15.6. The third-order valence-corrected chi connectivity index (χ3v) is 3.85. The maximum absolute atomic E-state index is 11.1. The monoisotopic (exact) mass is 265 g/mol. The molecule has 0 aromatic carbocycles. The largest absolute Gasteiger partial charge is 0.478 e. The van der Waals surface area contributed by atoms with Crippen molar-refractivity contribution in [2.75, 3.05) is 0 Å². The van der Waals surface area contributed by atoms with Gasteiger partial charge >= 0.3 is 5.97 Å². The molecule has 0 radical (unpaired) electrons. The molecule has 0 amide bonds. The van der Waals surface area contributed by atoms with Crippen molar-refractivity contribution in [3.05, 3.63) is 33.0 Å². The van der Waals surface area contributed by atoms with E-state index in [0.29, 0.717) is 23.5 Å². The van der Waals surface area contributed by atoms with Gasteiger partial charge in [0.05, 0.1) is 28.6 Å². The highest BCUT2D eigenvalue weighted by Gasteiger charge is 2.18. The second kappa shape index (κ2) is 4.89. The summed E-state index contributed by atoms with van der Waals surface area (Å²) in [5.41, 5.74) is 2.44. The van der Waals surface area contributed by atoms with Crippen LogP contribution >= 0.6 is 11.3 Å². The second-order valence-corrected chi connectivity index (χ2v) is 5.04. The third kappa shape index (κ3) is 2.28. The lowest BCUT2D eigenvalue weighted by Gasteiger charge is -2.01. The number of carbonyl (C=O) groups is 1. The van der Waals surface area contributed by atoms with E-state index < -0.39 is 5.97 Å². The highest BCUT2D eigenvalue weighted by Crippen LogP contribution is 2.16. The summed E-state index contributed by atoms with van der Waals surface area (Å²) in [7, 11) is 0. The number of aryl methyl sites for hydroxylation is 2. The van der Waals surface area contributed by atoms with Crippen molar-refractivity contribution in [3.8, 4) is 0 Å². The van der Waals surface area contributed by atoms with Crippen LogP contribution in [0.15, 0.2) is 5.38 Å². The van der Waals surface area contributed by atoms with E-state index in [1.54, 1.807) is 29.9 Å². The summed E-state index contributed by atoms with van der Waals surface area (Å²) in [6.45, 7) is 6.08. The minimum atomic E-state index is -0.927. The number of aromatic nitrogens is 3. The van der Waals surface area contributed by atoms with Gasteiger partial charge in [0.1, 0.15) is 5.56 Å². The smallest absolute Gasteiger partial charge is 0.339 e. The van der Waals surface area contributed by atoms with Crippen molar-refractivity contribution in [2.45, 2.75) is 33.7 Å². The standard InChI is InChI=1S/C12H15N3O2S/c1-4-10-13-9(6-18-10)5-15-8(3)11(12(16)17)7(2)14-15/h6H,4-5H2,1-3H3,(H,16,17). The zero-order valence-electron chi connectivity index (χ0n) is 10.6. The van der Waals surface area contributed by atoms with E-state index in [4.69, 9.17) is 5.11 Å². The van der Waals surface area contributed by atoms with Crippen LogP contribution in [0.3, 0.4) is 0 Å². The van der Waals surface area contributed by atoms with Crippen molar-refractivity contribution in [1.29, 1.82) is 0 Å². The van der Waals surface area contributed by atoms with Crippen LogP contribution < -0.4 is 0 Å². The van der Waals surface area contributed by atoms with Crippen molar-refractivity contribution < 1.29 is 9.90 Å². The van der Waals surface area contributed by atoms with E-state index in [1.807, 2.05) is 5.38 Å². The Bertz CT molecular complexity index is 586. The average molecular weight is 265 g/mol. The van der Waals surface area contributed by atoms with Gasteiger partial charge in [-0.05, 0) is 20.3 Å². The fraction of sp³-hybridized carbons (Fsp3) is 0.417. The molecular formula is C12H15N3O2S. The maximum Gasteiger partial charge on any atom is 0.339 e. The molecule has 5 nitrogen and oxygen atoms in total. The topological polar surface area (TPSA) is 68.0 Å². The first-order valence-electron chi connectivity index (χ1n) is 5.73. The molecule has 2 aromatic rings. The molecule has 0 aliphatic carbocycles. The molecule has 2 aromatic heterocycles. The Morgan fingerprint density at radius 1 is 1.50 bits per heavy atom. The van der Waals surface area contributed by atoms with Crippen molar-refractivity contribution in [3.63, 3.8) is 0 Å². The number of thiazole rings is 1. The van der Waals surface area contributed by atoms with Gasteiger partial charge < -0.3 is 5.11 Å². The summed E-state index contributed by atoms with van der Waals surface area (Å²) in [6.07, 6.45) is 0.919. The molecule has 0 bridgehead atoms. The Balaban J connectivity index is 2.29. The molecule has 2 heterocycles. The van der Waals surface area contributed by atoms with E-state index in [0.717, 1.165) is 17.1 Å². The first kappa shape index (κ1) is 12.8. The minimum Gasteiger partial charge on any atom is -0.478 e. The molecule has 0 saturated carbocycles. The summed E-state index contributed by atoms with van der Waals surface area (Å²) in [6, 6.07) is 0. The van der Waals surface area contributed by atoms with E-state index in [-0.39, 0.29) is 0 Å². The molecule has 1 N–H and O–H groups in total. The maximum atomic E-state index is 11.1. The summed E-state index contributed by atoms with van der Waals surface area (Å²) in [5, 5.41) is 16.4. The van der Waals surface area contributed by atoms with Crippen LogP contribution in [0, 0.1) is 13.8 Å². The quantitative estimate of drug-likeness (QED) is 0.920. The Hall–Kier alpha value is -1.69. The van der Waals surface area contributed by atoms with Crippen LogP contribution in [0.5, 0.6) is 0 Å². The molecule has 0 aliphatic rings. The number of carboxylic acids is 1. The zero-order valence-corrected chi connectivity index (χ0v) is 11.4. The van der Waals surface area contributed by atoms with E-state index in [1.165, 1.54) is 0 Å². The highest BCUT2D eigenvalue weighted by atomic mass is 32.1. The Labute approximate surface area is 109 Å².